The molecule has 1 aromatic carbocycles. The lowest BCUT2D eigenvalue weighted by atomic mass is 10.1. The van der Waals surface area contributed by atoms with E-state index in [2.05, 4.69) is 15.9 Å². The number of benzene rings is 1. The molecule has 0 aliphatic carbocycles. The van der Waals surface area contributed by atoms with Crippen LogP contribution < -0.4 is 0 Å². The highest BCUT2D eigenvalue weighted by Crippen LogP contribution is 2.33. The predicted octanol–water partition coefficient (Wildman–Crippen LogP) is 2.97. The van der Waals surface area contributed by atoms with Gasteiger partial charge in [-0.05, 0) is 13.0 Å². The molecule has 1 aromatic rings. The first-order valence-electron chi connectivity index (χ1n) is 4.62. The van der Waals surface area contributed by atoms with Crippen molar-refractivity contribution in [3.05, 3.63) is 35.1 Å². The molecule has 0 amide bonds. The number of rotatable bonds is 3. The van der Waals surface area contributed by atoms with Gasteiger partial charge < -0.3 is 0 Å². The normalized spacial score (nSPS) is 15.6. The second kappa shape index (κ2) is 4.97. The molecule has 2 atom stereocenters. The average Bonchev–Trinajstić information content (AvgIpc) is 2.20. The predicted molar refractivity (Wildman–Crippen MR) is 62.3 cm³/mol. The molecular formula is C10H10BrF3O2S. The number of sulfone groups is 1. The lowest BCUT2D eigenvalue weighted by Crippen LogP contribution is -2.21. The Bertz CT molecular complexity index is 531. The van der Waals surface area contributed by atoms with E-state index in [0.717, 1.165) is 6.26 Å². The van der Waals surface area contributed by atoms with E-state index in [1.165, 1.54) is 6.92 Å². The summed E-state index contributed by atoms with van der Waals surface area (Å²) in [5.41, 5.74) is -0.221. The molecule has 7 heteroatoms. The molecule has 17 heavy (non-hydrogen) atoms. The standard InChI is InChI=1S/C10H10BrF3O2S/c1-5(17(2,15)16)10(11)6-3-8(13)9(14)4-7(6)12/h3-5,10H,1-2H3. The largest absolute Gasteiger partial charge is 0.229 e. The lowest BCUT2D eigenvalue weighted by molar-refractivity contribution is 0.489. The van der Waals surface area contributed by atoms with E-state index in [1.807, 2.05) is 0 Å². The van der Waals surface area contributed by atoms with E-state index in [1.54, 1.807) is 0 Å². The minimum absolute atomic E-state index is 0.221. The zero-order valence-corrected chi connectivity index (χ0v) is 11.4. The first-order valence-corrected chi connectivity index (χ1v) is 7.49. The van der Waals surface area contributed by atoms with Gasteiger partial charge in [-0.1, -0.05) is 15.9 Å². The zero-order chi connectivity index (χ0) is 13.4. The first kappa shape index (κ1) is 14.5. The number of hydrogen-bond acceptors (Lipinski definition) is 2. The third kappa shape index (κ3) is 3.22. The maximum atomic E-state index is 13.4. The van der Waals surface area contributed by atoms with Crippen LogP contribution in [0.5, 0.6) is 0 Å². The van der Waals surface area contributed by atoms with Crippen molar-refractivity contribution in [3.63, 3.8) is 0 Å². The minimum atomic E-state index is -3.42. The quantitative estimate of drug-likeness (QED) is 0.630. The van der Waals surface area contributed by atoms with E-state index in [9.17, 15) is 21.6 Å². The molecule has 0 saturated heterocycles. The molecule has 96 valence electrons. The molecular weight excluding hydrogens is 321 g/mol. The van der Waals surface area contributed by atoms with Crippen LogP contribution in [0, 0.1) is 17.5 Å². The van der Waals surface area contributed by atoms with Crippen LogP contribution in [-0.2, 0) is 9.84 Å². The van der Waals surface area contributed by atoms with Crippen LogP contribution in [0.3, 0.4) is 0 Å². The van der Waals surface area contributed by atoms with Gasteiger partial charge in [-0.25, -0.2) is 21.6 Å². The molecule has 2 nitrogen and oxygen atoms in total. The molecule has 0 N–H and O–H groups in total. The van der Waals surface area contributed by atoms with Crippen LogP contribution in [0.25, 0.3) is 0 Å². The molecule has 0 fully saturated rings. The maximum absolute atomic E-state index is 13.4. The van der Waals surface area contributed by atoms with Gasteiger partial charge in [0.1, 0.15) is 5.82 Å². The summed E-state index contributed by atoms with van der Waals surface area (Å²) in [6, 6.07) is 1.06. The van der Waals surface area contributed by atoms with Gasteiger partial charge in [-0.2, -0.15) is 0 Å². The highest BCUT2D eigenvalue weighted by Gasteiger charge is 2.28. The Balaban J connectivity index is 3.22. The molecule has 0 radical (unpaired) electrons. The Kier molecular flexibility index (Phi) is 4.24. The topological polar surface area (TPSA) is 34.1 Å². The summed E-state index contributed by atoms with van der Waals surface area (Å²) in [5, 5.41) is -0.957. The van der Waals surface area contributed by atoms with Gasteiger partial charge in [-0.15, -0.1) is 0 Å². The molecule has 1 rings (SSSR count). The van der Waals surface area contributed by atoms with Crippen LogP contribution in [0.4, 0.5) is 13.2 Å². The highest BCUT2D eigenvalue weighted by molar-refractivity contribution is 9.09. The van der Waals surface area contributed by atoms with Crippen LogP contribution in [-0.4, -0.2) is 19.9 Å². The Morgan fingerprint density at radius 3 is 2.06 bits per heavy atom. The fraction of sp³-hybridized carbons (Fsp3) is 0.400. The van der Waals surface area contributed by atoms with Gasteiger partial charge in [0.15, 0.2) is 21.5 Å². The van der Waals surface area contributed by atoms with Crippen LogP contribution in [0.1, 0.15) is 17.3 Å². The van der Waals surface area contributed by atoms with Crippen molar-refractivity contribution >= 4 is 25.8 Å². The van der Waals surface area contributed by atoms with Gasteiger partial charge in [0.05, 0.1) is 10.1 Å². The molecule has 0 heterocycles. The molecule has 0 aliphatic rings. The van der Waals surface area contributed by atoms with E-state index in [0.29, 0.717) is 12.1 Å². The highest BCUT2D eigenvalue weighted by atomic mass is 79.9. The van der Waals surface area contributed by atoms with Gasteiger partial charge in [-0.3, -0.25) is 0 Å². The molecule has 0 aromatic heterocycles. The third-order valence-corrected chi connectivity index (χ3v) is 5.68. The van der Waals surface area contributed by atoms with E-state index in [4.69, 9.17) is 0 Å². The smallest absolute Gasteiger partial charge is 0.161 e. The van der Waals surface area contributed by atoms with Gasteiger partial charge in [0, 0.05) is 17.9 Å². The average molecular weight is 331 g/mol. The van der Waals surface area contributed by atoms with Crippen LogP contribution >= 0.6 is 15.9 Å². The van der Waals surface area contributed by atoms with E-state index >= 15 is 0 Å². The van der Waals surface area contributed by atoms with Crippen molar-refractivity contribution in [1.29, 1.82) is 0 Å². The summed E-state index contributed by atoms with van der Waals surface area (Å²) in [5.74, 6) is -3.51. The second-order valence-electron chi connectivity index (χ2n) is 3.72. The van der Waals surface area contributed by atoms with E-state index < -0.39 is 37.4 Å². The zero-order valence-electron chi connectivity index (χ0n) is 9.05. The first-order chi connectivity index (χ1) is 7.64. The SMILES string of the molecule is CC(C(Br)c1cc(F)c(F)cc1F)S(C)(=O)=O. The summed E-state index contributed by atoms with van der Waals surface area (Å²) in [7, 11) is -3.42. The van der Waals surface area contributed by atoms with Crippen LogP contribution in [0.15, 0.2) is 12.1 Å². The molecule has 0 spiro atoms. The van der Waals surface area contributed by atoms with Crippen molar-refractivity contribution in [2.45, 2.75) is 17.0 Å². The number of halogens is 4. The monoisotopic (exact) mass is 330 g/mol. The summed E-state index contributed by atoms with van der Waals surface area (Å²) in [4.78, 5) is -0.937. The second-order valence-corrected chi connectivity index (χ2v) is 7.11. The third-order valence-electron chi connectivity index (χ3n) is 2.42. The molecule has 0 aliphatic heterocycles. The Morgan fingerprint density at radius 1 is 1.12 bits per heavy atom. The Morgan fingerprint density at radius 2 is 1.59 bits per heavy atom. The van der Waals surface area contributed by atoms with Gasteiger partial charge >= 0.3 is 0 Å². The summed E-state index contributed by atoms with van der Waals surface area (Å²) in [6.07, 6.45) is 0.990. The summed E-state index contributed by atoms with van der Waals surface area (Å²) < 4.78 is 61.7. The fourth-order valence-corrected chi connectivity index (χ4v) is 3.33. The number of alkyl halides is 1. The van der Waals surface area contributed by atoms with E-state index in [-0.39, 0.29) is 5.56 Å². The van der Waals surface area contributed by atoms with Crippen molar-refractivity contribution in [1.82, 2.24) is 0 Å². The van der Waals surface area contributed by atoms with Crippen molar-refractivity contribution in [2.24, 2.45) is 0 Å². The molecule has 0 bridgehead atoms. The molecule has 2 unspecified atom stereocenters. The lowest BCUT2D eigenvalue weighted by Gasteiger charge is -2.17. The van der Waals surface area contributed by atoms with Crippen LogP contribution in [0.2, 0.25) is 0 Å². The Hall–Kier alpha value is -0.560. The summed E-state index contributed by atoms with van der Waals surface area (Å²) in [6.45, 7) is 1.36. The molecule has 0 saturated carbocycles. The minimum Gasteiger partial charge on any atom is -0.229 e. The van der Waals surface area contributed by atoms with Gasteiger partial charge in [0.25, 0.3) is 0 Å². The maximum Gasteiger partial charge on any atom is 0.161 e. The van der Waals surface area contributed by atoms with Gasteiger partial charge in [0.2, 0.25) is 0 Å². The number of hydrogen-bond donors (Lipinski definition) is 0. The van der Waals surface area contributed by atoms with Crippen molar-refractivity contribution < 1.29 is 21.6 Å². The summed E-state index contributed by atoms with van der Waals surface area (Å²) >= 11 is 2.99. The Labute approximate surface area is 106 Å². The van der Waals surface area contributed by atoms with Crippen molar-refractivity contribution in [3.8, 4) is 0 Å². The van der Waals surface area contributed by atoms with Crippen molar-refractivity contribution in [2.75, 3.05) is 6.26 Å². The fourth-order valence-electron chi connectivity index (χ4n) is 1.22.